The number of carboxylic acids is 1. The van der Waals surface area contributed by atoms with Crippen LogP contribution in [-0.4, -0.2) is 139 Å². The van der Waals surface area contributed by atoms with Crippen molar-refractivity contribution in [2.75, 3.05) is 13.2 Å². The van der Waals surface area contributed by atoms with Crippen molar-refractivity contribution in [3.63, 3.8) is 0 Å². The van der Waals surface area contributed by atoms with Crippen LogP contribution in [-0.2, 0) is 28.5 Å². The fourth-order valence-electron chi connectivity index (χ4n) is 13.8. The number of aliphatic hydroxyl groups is 8. The molecule has 0 aromatic carbocycles. The molecule has 0 aromatic heterocycles. The fraction of sp³-hybridized carbons (Fsp3) is 0.905. The van der Waals surface area contributed by atoms with E-state index in [4.69, 9.17) is 18.9 Å². The Labute approximate surface area is 334 Å². The van der Waals surface area contributed by atoms with E-state index in [1.54, 1.807) is 0 Å². The van der Waals surface area contributed by atoms with E-state index >= 15 is 4.79 Å². The standard InChI is InChI=1S/C42H66O15/c1-19-9-14-41(36(51)52)15-16-42(21(27(41)20(19)2)7-8-25-39(5)12-11-26(45)38(3,4)24(39)10-13-40(25,42)6)37(53)57-35-33(31(49)29(47)23(18-44)55-35)56-34-32(50)30(48)28(46)22(17-43)54-34/h7,19-20,22-35,43-50H,8-18H2,1-6H3,(H,51,52)/t19-,20+,22-,23-,24?,25?,26?,27?,28-,29-,30+,31+,32-,33-,34?,35?,39+,40-,41?,42-/m1/s1. The van der Waals surface area contributed by atoms with Crippen LogP contribution in [0.15, 0.2) is 11.6 Å². The number of esters is 1. The fourth-order valence-corrected chi connectivity index (χ4v) is 13.8. The van der Waals surface area contributed by atoms with Gasteiger partial charge in [0.15, 0.2) is 12.4 Å². The van der Waals surface area contributed by atoms with Crippen molar-refractivity contribution in [3.8, 4) is 0 Å². The molecule has 0 aromatic rings. The van der Waals surface area contributed by atoms with Crippen molar-refractivity contribution in [3.05, 3.63) is 11.6 Å². The largest absolute Gasteiger partial charge is 0.481 e. The van der Waals surface area contributed by atoms with Gasteiger partial charge >= 0.3 is 11.9 Å². The number of aliphatic carboxylic acids is 1. The number of allylic oxidation sites excluding steroid dienone is 1. The molecule has 324 valence electrons. The lowest BCUT2D eigenvalue weighted by Gasteiger charge is -2.70. The van der Waals surface area contributed by atoms with E-state index in [0.717, 1.165) is 24.8 Å². The molecule has 0 bridgehead atoms. The second-order valence-electron chi connectivity index (χ2n) is 20.0. The van der Waals surface area contributed by atoms with Crippen LogP contribution < -0.4 is 0 Å². The van der Waals surface area contributed by atoms with Gasteiger partial charge in [0.25, 0.3) is 0 Å². The van der Waals surface area contributed by atoms with E-state index in [9.17, 15) is 50.8 Å². The van der Waals surface area contributed by atoms with Gasteiger partial charge in [-0.05, 0) is 104 Å². The number of carbonyl (C=O) groups is 2. The summed E-state index contributed by atoms with van der Waals surface area (Å²) in [5.41, 5.74) is -3.16. The van der Waals surface area contributed by atoms with Gasteiger partial charge in [0.2, 0.25) is 6.29 Å². The molecule has 4 saturated carbocycles. The molecule has 20 atom stereocenters. The van der Waals surface area contributed by atoms with Gasteiger partial charge in [0.1, 0.15) is 42.7 Å². The average Bonchev–Trinajstić information content (AvgIpc) is 3.16. The van der Waals surface area contributed by atoms with E-state index in [2.05, 4.69) is 47.6 Å². The summed E-state index contributed by atoms with van der Waals surface area (Å²) in [5, 5.41) is 96.4. The second-order valence-corrected chi connectivity index (χ2v) is 20.0. The minimum Gasteiger partial charge on any atom is -0.481 e. The molecule has 6 fully saturated rings. The molecule has 0 spiro atoms. The highest BCUT2D eigenvalue weighted by molar-refractivity contribution is 5.85. The minimum atomic E-state index is -1.89. The van der Waals surface area contributed by atoms with Crippen LogP contribution >= 0.6 is 0 Å². The summed E-state index contributed by atoms with van der Waals surface area (Å²) in [6.45, 7) is 11.3. The summed E-state index contributed by atoms with van der Waals surface area (Å²) in [6.07, 6.45) is -10.7. The van der Waals surface area contributed by atoms with Crippen molar-refractivity contribution in [2.24, 2.45) is 56.7 Å². The number of carboxylic acid groups (broad SMARTS) is 1. The van der Waals surface area contributed by atoms with Gasteiger partial charge in [0, 0.05) is 0 Å². The zero-order valence-electron chi connectivity index (χ0n) is 34.1. The monoisotopic (exact) mass is 810 g/mol. The van der Waals surface area contributed by atoms with Gasteiger partial charge in [0.05, 0.1) is 30.1 Å². The van der Waals surface area contributed by atoms with E-state index < -0.39 is 115 Å². The Morgan fingerprint density at radius 2 is 1.39 bits per heavy atom. The molecule has 2 aliphatic heterocycles. The molecule has 7 rings (SSSR count). The molecule has 15 nitrogen and oxygen atoms in total. The van der Waals surface area contributed by atoms with E-state index in [0.29, 0.717) is 25.7 Å². The molecule has 2 saturated heterocycles. The predicted octanol–water partition coefficient (Wildman–Crippen LogP) is 1.24. The van der Waals surface area contributed by atoms with Crippen LogP contribution in [0.2, 0.25) is 0 Å². The maximum atomic E-state index is 15.8. The van der Waals surface area contributed by atoms with E-state index in [1.807, 2.05) is 0 Å². The molecule has 57 heavy (non-hydrogen) atoms. The SMILES string of the molecule is C[C@@H]1CCC2(C(=O)O)CC[C@]3(C(=O)OC4O[C@H](CO)[C@@H](O)[C@H](O)[C@H]4OC4O[C@H](CO)[C@@H](O)[C@H](O)[C@H]4O)C(=CCC4[C@@]5(C)CCC(O)C(C)(C)C5CC[C@]43C)C2[C@H]1C. The molecular weight excluding hydrogens is 744 g/mol. The summed E-state index contributed by atoms with van der Waals surface area (Å²) in [6, 6.07) is 0. The van der Waals surface area contributed by atoms with Crippen LogP contribution in [0.5, 0.6) is 0 Å². The van der Waals surface area contributed by atoms with Crippen LogP contribution in [0.1, 0.15) is 99.3 Å². The quantitative estimate of drug-likeness (QED) is 0.130. The predicted molar refractivity (Wildman–Crippen MR) is 199 cm³/mol. The Morgan fingerprint density at radius 1 is 0.754 bits per heavy atom. The second kappa shape index (κ2) is 15.0. The zero-order chi connectivity index (χ0) is 41.8. The number of fused-ring (bicyclic) bond motifs is 7. The Balaban J connectivity index is 1.33. The summed E-state index contributed by atoms with van der Waals surface area (Å²) in [4.78, 5) is 29.2. The van der Waals surface area contributed by atoms with Gasteiger partial charge < -0.3 is 64.9 Å². The third kappa shape index (κ3) is 6.14. The molecule has 0 amide bonds. The highest BCUT2D eigenvalue weighted by Gasteiger charge is 2.74. The highest BCUT2D eigenvalue weighted by Crippen LogP contribution is 2.76. The van der Waals surface area contributed by atoms with Gasteiger partial charge in [-0.3, -0.25) is 9.59 Å². The van der Waals surface area contributed by atoms with Crippen LogP contribution in [0.25, 0.3) is 0 Å². The maximum absolute atomic E-state index is 15.8. The van der Waals surface area contributed by atoms with Gasteiger partial charge in [-0.1, -0.05) is 53.2 Å². The van der Waals surface area contributed by atoms with Crippen molar-refractivity contribution in [1.82, 2.24) is 0 Å². The topological polar surface area (TPSA) is 253 Å². The van der Waals surface area contributed by atoms with Crippen LogP contribution in [0.4, 0.5) is 0 Å². The molecule has 2 heterocycles. The van der Waals surface area contributed by atoms with Gasteiger partial charge in [-0.15, -0.1) is 0 Å². The Kier molecular flexibility index (Phi) is 11.4. The lowest BCUT2D eigenvalue weighted by Crippen LogP contribution is -2.69. The molecule has 7 aliphatic rings. The van der Waals surface area contributed by atoms with Crippen molar-refractivity contribution < 1.29 is 74.5 Å². The highest BCUT2D eigenvalue weighted by atomic mass is 16.8. The summed E-state index contributed by atoms with van der Waals surface area (Å²) in [5.74, 6) is -1.92. The normalized spacial score (nSPS) is 53.3. The zero-order valence-corrected chi connectivity index (χ0v) is 34.1. The molecule has 5 aliphatic carbocycles. The number of hydrogen-bond donors (Lipinski definition) is 9. The van der Waals surface area contributed by atoms with Gasteiger partial charge in [-0.25, -0.2) is 0 Å². The summed E-state index contributed by atoms with van der Waals surface area (Å²) >= 11 is 0. The smallest absolute Gasteiger partial charge is 0.319 e. The first-order chi connectivity index (χ1) is 26.7. The van der Waals surface area contributed by atoms with Crippen molar-refractivity contribution in [1.29, 1.82) is 0 Å². The number of hydrogen-bond acceptors (Lipinski definition) is 14. The molecule has 15 heteroatoms. The van der Waals surface area contributed by atoms with E-state index in [-0.39, 0.29) is 47.3 Å². The first kappa shape index (κ1) is 43.3. The lowest BCUT2D eigenvalue weighted by molar-refractivity contribution is -0.364. The summed E-state index contributed by atoms with van der Waals surface area (Å²) in [7, 11) is 0. The average molecular weight is 811 g/mol. The first-order valence-corrected chi connectivity index (χ1v) is 21.1. The number of aliphatic hydroxyl groups excluding tert-OH is 8. The van der Waals surface area contributed by atoms with E-state index in [1.165, 1.54) is 0 Å². The molecular formula is C42H66O15. The van der Waals surface area contributed by atoms with Crippen molar-refractivity contribution >= 4 is 11.9 Å². The number of ether oxygens (including phenoxy) is 4. The lowest BCUT2D eigenvalue weighted by atomic mass is 9.33. The number of carbonyl (C=O) groups excluding carboxylic acids is 1. The summed E-state index contributed by atoms with van der Waals surface area (Å²) < 4.78 is 23.9. The Bertz CT molecular complexity index is 1570. The third-order valence-electron chi connectivity index (χ3n) is 17.4. The Hall–Kier alpha value is -1.76. The molecule has 7 unspecified atom stereocenters. The van der Waals surface area contributed by atoms with Crippen LogP contribution in [0.3, 0.4) is 0 Å². The molecule has 9 N–H and O–H groups in total. The van der Waals surface area contributed by atoms with Gasteiger partial charge in [-0.2, -0.15) is 0 Å². The molecule has 0 radical (unpaired) electrons. The number of rotatable bonds is 7. The first-order valence-electron chi connectivity index (χ1n) is 21.1. The Morgan fingerprint density at radius 3 is 2.02 bits per heavy atom. The van der Waals surface area contributed by atoms with Crippen LogP contribution in [0, 0.1) is 56.7 Å². The third-order valence-corrected chi connectivity index (χ3v) is 17.4. The maximum Gasteiger partial charge on any atom is 0.319 e. The minimum absolute atomic E-state index is 0.0634. The van der Waals surface area contributed by atoms with Crippen molar-refractivity contribution in [2.45, 2.75) is 167 Å².